The number of H-pyrrole nitrogens is 1. The quantitative estimate of drug-likeness (QED) is 0.753. The van der Waals surface area contributed by atoms with Gasteiger partial charge >= 0.3 is 0 Å². The number of fused-ring (bicyclic) bond motifs is 1. The van der Waals surface area contributed by atoms with Crippen LogP contribution in [-0.2, 0) is 0 Å². The minimum Gasteiger partial charge on any atom is -0.322 e. The summed E-state index contributed by atoms with van der Waals surface area (Å²) in [6, 6.07) is 7.70. The Morgan fingerprint density at radius 3 is 2.85 bits per heavy atom. The number of benzene rings is 1. The molecule has 2 heterocycles. The van der Waals surface area contributed by atoms with E-state index in [1.54, 1.807) is 0 Å². The van der Waals surface area contributed by atoms with Crippen molar-refractivity contribution in [2.75, 3.05) is 0 Å². The van der Waals surface area contributed by atoms with Gasteiger partial charge in [-0.25, -0.2) is 4.98 Å². The summed E-state index contributed by atoms with van der Waals surface area (Å²) in [6.07, 6.45) is 2.91. The molecule has 4 rings (SSSR count). The summed E-state index contributed by atoms with van der Waals surface area (Å²) < 4.78 is 1.51. The molecule has 100 valence electrons. The lowest BCUT2D eigenvalue weighted by molar-refractivity contribution is 0.112. The highest BCUT2D eigenvalue weighted by Gasteiger charge is 2.32. The molecule has 0 bridgehead atoms. The lowest BCUT2D eigenvalue weighted by Crippen LogP contribution is -1.99. The third-order valence-corrected chi connectivity index (χ3v) is 3.92. The van der Waals surface area contributed by atoms with Gasteiger partial charge in [0, 0.05) is 5.92 Å². The van der Waals surface area contributed by atoms with Crippen molar-refractivity contribution in [2.24, 2.45) is 0 Å². The minimum atomic E-state index is 0.320. The van der Waals surface area contributed by atoms with Crippen molar-refractivity contribution in [1.82, 2.24) is 19.7 Å². The Kier molecular flexibility index (Phi) is 2.44. The zero-order valence-electron chi connectivity index (χ0n) is 10.5. The molecule has 0 amide bonds. The van der Waals surface area contributed by atoms with Crippen LogP contribution in [0.15, 0.2) is 24.3 Å². The van der Waals surface area contributed by atoms with Crippen molar-refractivity contribution in [3.05, 3.63) is 40.7 Å². The monoisotopic (exact) mass is 286 g/mol. The first-order valence-corrected chi connectivity index (χ1v) is 6.84. The van der Waals surface area contributed by atoms with E-state index >= 15 is 0 Å². The number of nitrogens with one attached hydrogen (secondary N) is 1. The van der Waals surface area contributed by atoms with Gasteiger partial charge in [-0.2, -0.15) is 9.78 Å². The highest BCUT2D eigenvalue weighted by molar-refractivity contribution is 6.32. The van der Waals surface area contributed by atoms with Crippen molar-refractivity contribution < 1.29 is 4.79 Å². The Morgan fingerprint density at radius 1 is 1.35 bits per heavy atom. The number of para-hydroxylation sites is 2. The van der Waals surface area contributed by atoms with Crippen LogP contribution in [0.5, 0.6) is 0 Å². The summed E-state index contributed by atoms with van der Waals surface area (Å²) in [7, 11) is 0. The zero-order valence-corrected chi connectivity index (χ0v) is 11.3. The van der Waals surface area contributed by atoms with Gasteiger partial charge in [-0.15, -0.1) is 0 Å². The fraction of sp³-hybridized carbons (Fsp3) is 0.214. The molecule has 1 fully saturated rings. The molecule has 6 heteroatoms. The van der Waals surface area contributed by atoms with Crippen molar-refractivity contribution in [3.8, 4) is 5.95 Å². The molecule has 1 N–H and O–H groups in total. The number of halogens is 1. The maximum Gasteiger partial charge on any atom is 0.230 e. The molecule has 1 aromatic carbocycles. The van der Waals surface area contributed by atoms with E-state index in [2.05, 4.69) is 15.1 Å². The van der Waals surface area contributed by atoms with Crippen molar-refractivity contribution >= 4 is 28.9 Å². The number of nitrogens with zero attached hydrogens (tertiary/aromatic N) is 3. The third kappa shape index (κ3) is 1.67. The lowest BCUT2D eigenvalue weighted by Gasteiger charge is -1.96. The Balaban J connectivity index is 1.90. The van der Waals surface area contributed by atoms with Crippen LogP contribution in [0.2, 0.25) is 5.15 Å². The summed E-state index contributed by atoms with van der Waals surface area (Å²) >= 11 is 6.27. The molecule has 0 radical (unpaired) electrons. The normalized spacial score (nSPS) is 14.8. The van der Waals surface area contributed by atoms with E-state index in [1.165, 1.54) is 4.68 Å². The first-order chi connectivity index (χ1) is 9.78. The lowest BCUT2D eigenvalue weighted by atomic mass is 10.2. The van der Waals surface area contributed by atoms with Gasteiger partial charge in [-0.1, -0.05) is 23.7 Å². The van der Waals surface area contributed by atoms with Crippen LogP contribution in [0.1, 0.15) is 34.8 Å². The summed E-state index contributed by atoms with van der Waals surface area (Å²) in [4.78, 5) is 18.9. The zero-order chi connectivity index (χ0) is 13.7. The maximum absolute atomic E-state index is 11.2. The van der Waals surface area contributed by atoms with Gasteiger partial charge in [0.05, 0.1) is 22.3 Å². The van der Waals surface area contributed by atoms with Crippen molar-refractivity contribution in [2.45, 2.75) is 18.8 Å². The number of rotatable bonds is 3. The molecule has 5 nitrogen and oxygen atoms in total. The highest BCUT2D eigenvalue weighted by atomic mass is 35.5. The van der Waals surface area contributed by atoms with Gasteiger partial charge < -0.3 is 4.98 Å². The molecular weight excluding hydrogens is 276 g/mol. The Morgan fingerprint density at radius 2 is 2.15 bits per heavy atom. The standard InChI is InChI=1S/C14H11ClN4O/c15-13-9(7-20)12(8-5-6-8)18-19(13)14-16-10-3-1-2-4-11(10)17-14/h1-4,7-8H,5-6H2,(H,16,17). The van der Waals surface area contributed by atoms with Crippen LogP contribution < -0.4 is 0 Å². The second-order valence-corrected chi connectivity index (χ2v) is 5.33. The first kappa shape index (κ1) is 11.7. The van der Waals surface area contributed by atoms with E-state index in [-0.39, 0.29) is 0 Å². The molecule has 0 aliphatic heterocycles. The Bertz CT molecular complexity index is 783. The van der Waals surface area contributed by atoms with Crippen molar-refractivity contribution in [1.29, 1.82) is 0 Å². The maximum atomic E-state index is 11.2. The number of hydrogen-bond donors (Lipinski definition) is 1. The van der Waals surface area contributed by atoms with E-state index in [0.29, 0.717) is 22.6 Å². The predicted octanol–water partition coefficient (Wildman–Crippen LogP) is 3.09. The average Bonchev–Trinajstić information content (AvgIpc) is 3.12. The van der Waals surface area contributed by atoms with Crippen LogP contribution in [-0.4, -0.2) is 26.0 Å². The molecule has 1 saturated carbocycles. The number of aromatic amines is 1. The topological polar surface area (TPSA) is 63.6 Å². The Labute approximate surface area is 119 Å². The predicted molar refractivity (Wildman–Crippen MR) is 75.6 cm³/mol. The summed E-state index contributed by atoms with van der Waals surface area (Å²) in [5.74, 6) is 0.893. The van der Waals surface area contributed by atoms with E-state index in [0.717, 1.165) is 35.9 Å². The molecule has 3 aromatic rings. The molecule has 0 spiro atoms. The molecule has 2 aromatic heterocycles. The SMILES string of the molecule is O=Cc1c(C2CC2)nn(-c2nc3ccccc3[nH]2)c1Cl. The van der Waals surface area contributed by atoms with Gasteiger partial charge in [0.25, 0.3) is 0 Å². The van der Waals surface area contributed by atoms with Gasteiger partial charge in [0.1, 0.15) is 5.15 Å². The van der Waals surface area contributed by atoms with Crippen LogP contribution in [0.3, 0.4) is 0 Å². The first-order valence-electron chi connectivity index (χ1n) is 6.46. The largest absolute Gasteiger partial charge is 0.322 e. The summed E-state index contributed by atoms with van der Waals surface area (Å²) in [6.45, 7) is 0. The Hall–Kier alpha value is -2.14. The number of carbonyl (C=O) groups excluding carboxylic acids is 1. The second kappa shape index (κ2) is 4.18. The summed E-state index contributed by atoms with van der Waals surface area (Å²) in [5, 5.41) is 4.79. The summed E-state index contributed by atoms with van der Waals surface area (Å²) in [5.41, 5.74) is 3.02. The van der Waals surface area contributed by atoms with Crippen LogP contribution in [0, 0.1) is 0 Å². The minimum absolute atomic E-state index is 0.320. The highest BCUT2D eigenvalue weighted by Crippen LogP contribution is 2.42. The van der Waals surface area contributed by atoms with Crippen LogP contribution in [0.4, 0.5) is 0 Å². The second-order valence-electron chi connectivity index (χ2n) is 4.97. The number of carbonyl (C=O) groups is 1. The smallest absolute Gasteiger partial charge is 0.230 e. The molecule has 20 heavy (non-hydrogen) atoms. The fourth-order valence-electron chi connectivity index (χ4n) is 2.37. The van der Waals surface area contributed by atoms with E-state index in [9.17, 15) is 4.79 Å². The van der Waals surface area contributed by atoms with Gasteiger partial charge in [0.15, 0.2) is 6.29 Å². The van der Waals surface area contributed by atoms with Gasteiger partial charge in [-0.3, -0.25) is 4.79 Å². The van der Waals surface area contributed by atoms with E-state index in [4.69, 9.17) is 11.6 Å². The molecule has 1 aliphatic rings. The molecule has 1 aliphatic carbocycles. The number of aldehydes is 1. The fourth-order valence-corrected chi connectivity index (χ4v) is 2.63. The number of aromatic nitrogens is 4. The molecule has 0 saturated heterocycles. The molecule has 0 atom stereocenters. The van der Waals surface area contributed by atoms with Gasteiger partial charge in [-0.05, 0) is 25.0 Å². The third-order valence-electron chi connectivity index (χ3n) is 3.55. The van der Waals surface area contributed by atoms with E-state index < -0.39 is 0 Å². The van der Waals surface area contributed by atoms with E-state index in [1.807, 2.05) is 24.3 Å². The number of hydrogen-bond acceptors (Lipinski definition) is 3. The molecular formula is C14H11ClN4O. The van der Waals surface area contributed by atoms with Crippen LogP contribution in [0.25, 0.3) is 17.0 Å². The average molecular weight is 287 g/mol. The van der Waals surface area contributed by atoms with Gasteiger partial charge in [0.2, 0.25) is 5.95 Å². The van der Waals surface area contributed by atoms with Crippen molar-refractivity contribution in [3.63, 3.8) is 0 Å². The molecule has 0 unspecified atom stereocenters. The number of imidazole rings is 1. The van der Waals surface area contributed by atoms with Crippen LogP contribution >= 0.6 is 11.6 Å².